The molecule has 0 aromatic heterocycles. The van der Waals surface area contributed by atoms with Gasteiger partial charge < -0.3 is 20.5 Å². The van der Waals surface area contributed by atoms with Crippen molar-refractivity contribution in [3.05, 3.63) is 18.2 Å². The Hall–Kier alpha value is -1.91. The fraction of sp³-hybridized carbons (Fsp3) is 0.462. The van der Waals surface area contributed by atoms with Gasteiger partial charge in [0.15, 0.2) is 5.96 Å². The van der Waals surface area contributed by atoms with Crippen molar-refractivity contribution in [2.24, 2.45) is 16.6 Å². The molecule has 100 valence electrons. The average molecular weight is 251 g/mol. The fourth-order valence-electron chi connectivity index (χ4n) is 1.35. The molecule has 0 aliphatic carbocycles. The van der Waals surface area contributed by atoms with Gasteiger partial charge in [0.1, 0.15) is 11.5 Å². The molecule has 0 radical (unpaired) electrons. The Labute approximate surface area is 108 Å². The molecule has 0 saturated heterocycles. The van der Waals surface area contributed by atoms with Gasteiger partial charge in [-0.15, -0.1) is 0 Å². The molecule has 0 heterocycles. The van der Waals surface area contributed by atoms with Crippen molar-refractivity contribution in [2.75, 3.05) is 26.1 Å². The van der Waals surface area contributed by atoms with E-state index in [0.717, 1.165) is 5.69 Å². The first-order valence-corrected chi connectivity index (χ1v) is 5.85. The lowest BCUT2D eigenvalue weighted by atomic mass is 10.2. The van der Waals surface area contributed by atoms with Gasteiger partial charge in [0, 0.05) is 30.4 Å². The number of nitrogens with two attached hydrogens (primary N) is 1. The normalized spacial score (nSPS) is 11.5. The first-order valence-electron chi connectivity index (χ1n) is 5.85. The molecule has 3 N–H and O–H groups in total. The maximum atomic E-state index is 5.79. The van der Waals surface area contributed by atoms with Crippen LogP contribution in [0.1, 0.15) is 13.8 Å². The zero-order chi connectivity index (χ0) is 13.5. The van der Waals surface area contributed by atoms with E-state index < -0.39 is 0 Å². The fourth-order valence-corrected chi connectivity index (χ4v) is 1.35. The molecule has 0 amide bonds. The summed E-state index contributed by atoms with van der Waals surface area (Å²) < 4.78 is 10.4. The molecule has 5 heteroatoms. The molecule has 1 rings (SSSR count). The third kappa shape index (κ3) is 4.53. The van der Waals surface area contributed by atoms with Crippen LogP contribution < -0.4 is 20.5 Å². The quantitative estimate of drug-likeness (QED) is 0.621. The topological polar surface area (TPSA) is 68.9 Å². The second-order valence-electron chi connectivity index (χ2n) is 4.35. The van der Waals surface area contributed by atoms with Crippen molar-refractivity contribution >= 4 is 11.6 Å². The van der Waals surface area contributed by atoms with E-state index in [9.17, 15) is 0 Å². The molecule has 0 saturated carbocycles. The van der Waals surface area contributed by atoms with Gasteiger partial charge >= 0.3 is 0 Å². The lowest BCUT2D eigenvalue weighted by Crippen LogP contribution is -2.23. The van der Waals surface area contributed by atoms with Gasteiger partial charge in [-0.2, -0.15) is 0 Å². The highest BCUT2D eigenvalue weighted by molar-refractivity contribution is 5.92. The second-order valence-corrected chi connectivity index (χ2v) is 4.35. The summed E-state index contributed by atoms with van der Waals surface area (Å²) in [5.74, 6) is 2.27. The minimum Gasteiger partial charge on any atom is -0.497 e. The summed E-state index contributed by atoms with van der Waals surface area (Å²) in [6, 6.07) is 5.47. The lowest BCUT2D eigenvalue weighted by molar-refractivity contribution is 0.395. The Morgan fingerprint density at radius 3 is 2.22 bits per heavy atom. The van der Waals surface area contributed by atoms with Crippen molar-refractivity contribution in [1.82, 2.24) is 0 Å². The van der Waals surface area contributed by atoms with Crippen LogP contribution in [0.25, 0.3) is 0 Å². The number of ether oxygens (including phenoxy) is 2. The molecule has 0 spiro atoms. The third-order valence-electron chi connectivity index (χ3n) is 2.25. The maximum absolute atomic E-state index is 5.79. The average Bonchev–Trinajstić information content (AvgIpc) is 2.35. The van der Waals surface area contributed by atoms with E-state index in [4.69, 9.17) is 15.2 Å². The number of anilines is 1. The number of methoxy groups -OCH3 is 2. The van der Waals surface area contributed by atoms with Gasteiger partial charge in [-0.05, 0) is 5.92 Å². The SMILES string of the molecule is COc1cc(NC(N)=NCC(C)C)cc(OC)c1. The summed E-state index contributed by atoms with van der Waals surface area (Å²) >= 11 is 0. The number of rotatable bonds is 5. The number of hydrogen-bond donors (Lipinski definition) is 2. The van der Waals surface area contributed by atoms with E-state index in [-0.39, 0.29) is 0 Å². The molecular formula is C13H21N3O2. The van der Waals surface area contributed by atoms with Crippen LogP contribution in [0, 0.1) is 5.92 Å². The van der Waals surface area contributed by atoms with Crippen LogP contribution in [-0.4, -0.2) is 26.7 Å². The summed E-state index contributed by atoms with van der Waals surface area (Å²) in [5.41, 5.74) is 6.58. The Balaban J connectivity index is 2.80. The predicted molar refractivity (Wildman–Crippen MR) is 74.5 cm³/mol. The Morgan fingerprint density at radius 1 is 1.22 bits per heavy atom. The Morgan fingerprint density at radius 2 is 1.78 bits per heavy atom. The lowest BCUT2D eigenvalue weighted by Gasteiger charge is -2.10. The third-order valence-corrected chi connectivity index (χ3v) is 2.25. The zero-order valence-corrected chi connectivity index (χ0v) is 11.4. The van der Waals surface area contributed by atoms with Gasteiger partial charge in [-0.25, -0.2) is 0 Å². The highest BCUT2D eigenvalue weighted by Crippen LogP contribution is 2.25. The number of nitrogens with zero attached hydrogens (tertiary/aromatic N) is 1. The van der Waals surface area contributed by atoms with E-state index in [2.05, 4.69) is 24.2 Å². The van der Waals surface area contributed by atoms with Crippen LogP contribution in [-0.2, 0) is 0 Å². The highest BCUT2D eigenvalue weighted by Gasteiger charge is 2.03. The van der Waals surface area contributed by atoms with Gasteiger partial charge in [-0.1, -0.05) is 13.8 Å². The van der Waals surface area contributed by atoms with Crippen LogP contribution >= 0.6 is 0 Å². The van der Waals surface area contributed by atoms with Crippen molar-refractivity contribution < 1.29 is 9.47 Å². The van der Waals surface area contributed by atoms with Crippen LogP contribution in [0.3, 0.4) is 0 Å². The van der Waals surface area contributed by atoms with Gasteiger partial charge in [0.2, 0.25) is 0 Å². The van der Waals surface area contributed by atoms with Gasteiger partial charge in [-0.3, -0.25) is 4.99 Å². The summed E-state index contributed by atoms with van der Waals surface area (Å²) in [6.07, 6.45) is 0. The monoisotopic (exact) mass is 251 g/mol. The molecular weight excluding hydrogens is 230 g/mol. The number of nitrogens with one attached hydrogen (secondary N) is 1. The van der Waals surface area contributed by atoms with Crippen LogP contribution in [0.2, 0.25) is 0 Å². The summed E-state index contributed by atoms with van der Waals surface area (Å²) in [5, 5.41) is 3.01. The maximum Gasteiger partial charge on any atom is 0.193 e. The van der Waals surface area contributed by atoms with Crippen molar-refractivity contribution in [2.45, 2.75) is 13.8 Å². The first-order chi connectivity index (χ1) is 8.55. The van der Waals surface area contributed by atoms with E-state index >= 15 is 0 Å². The van der Waals surface area contributed by atoms with Gasteiger partial charge in [0.25, 0.3) is 0 Å². The predicted octanol–water partition coefficient (Wildman–Crippen LogP) is 2.09. The summed E-state index contributed by atoms with van der Waals surface area (Å²) in [4.78, 5) is 4.23. The largest absolute Gasteiger partial charge is 0.497 e. The standard InChI is InChI=1S/C13H21N3O2/c1-9(2)8-15-13(14)16-10-5-11(17-3)7-12(6-10)18-4/h5-7,9H,8H2,1-4H3,(H3,14,15,16). The molecule has 1 aromatic carbocycles. The second kappa shape index (κ2) is 6.74. The number of guanidine groups is 1. The first kappa shape index (κ1) is 14.2. The smallest absolute Gasteiger partial charge is 0.193 e. The number of hydrogen-bond acceptors (Lipinski definition) is 3. The van der Waals surface area contributed by atoms with Gasteiger partial charge in [0.05, 0.1) is 14.2 Å². The molecule has 0 aliphatic rings. The van der Waals surface area contributed by atoms with E-state index in [1.807, 2.05) is 12.1 Å². The van der Waals surface area contributed by atoms with Crippen LogP contribution in [0.4, 0.5) is 5.69 Å². The molecule has 0 atom stereocenters. The summed E-state index contributed by atoms with van der Waals surface area (Å²) in [6.45, 7) is 4.87. The minimum absolute atomic E-state index is 0.388. The van der Waals surface area contributed by atoms with Crippen molar-refractivity contribution in [3.8, 4) is 11.5 Å². The molecule has 5 nitrogen and oxygen atoms in total. The van der Waals surface area contributed by atoms with E-state index in [0.29, 0.717) is 29.9 Å². The molecule has 1 aromatic rings. The molecule has 0 bridgehead atoms. The zero-order valence-electron chi connectivity index (χ0n) is 11.4. The van der Waals surface area contributed by atoms with E-state index in [1.54, 1.807) is 20.3 Å². The molecule has 0 unspecified atom stereocenters. The highest BCUT2D eigenvalue weighted by atomic mass is 16.5. The minimum atomic E-state index is 0.388. The number of benzene rings is 1. The van der Waals surface area contributed by atoms with Crippen molar-refractivity contribution in [1.29, 1.82) is 0 Å². The van der Waals surface area contributed by atoms with Crippen LogP contribution in [0.15, 0.2) is 23.2 Å². The Kier molecular flexibility index (Phi) is 5.30. The summed E-state index contributed by atoms with van der Waals surface area (Å²) in [7, 11) is 3.21. The molecule has 0 fully saturated rings. The Bertz CT molecular complexity index is 394. The van der Waals surface area contributed by atoms with E-state index in [1.165, 1.54) is 0 Å². The number of aliphatic imine (C=N–C) groups is 1. The van der Waals surface area contributed by atoms with Crippen molar-refractivity contribution in [3.63, 3.8) is 0 Å². The molecule has 18 heavy (non-hydrogen) atoms. The molecule has 0 aliphatic heterocycles. The van der Waals surface area contributed by atoms with Crippen LogP contribution in [0.5, 0.6) is 11.5 Å².